The van der Waals surface area contributed by atoms with E-state index in [0.717, 1.165) is 11.8 Å². The first kappa shape index (κ1) is 18.0. The lowest BCUT2D eigenvalue weighted by Crippen LogP contribution is -2.31. The van der Waals surface area contributed by atoms with E-state index in [1.807, 2.05) is 0 Å². The standard InChI is InChI=1S/C21H19N3O4/c1-3-21(2,27)17-10-23-19(26)16-8-12-6-7-22-20(14(12)9-15(16)17)28-11-13-4-5-18(25)24-13/h1,6-10,13,27H,4-5,11H2,2H3,(H,23,26)(H,24,25)/t13-,21?/m0/s1. The first-order valence-electron chi connectivity index (χ1n) is 8.96. The van der Waals surface area contributed by atoms with E-state index in [1.165, 1.54) is 13.1 Å². The van der Waals surface area contributed by atoms with Gasteiger partial charge in [0, 0.05) is 35.2 Å². The maximum absolute atomic E-state index is 12.3. The van der Waals surface area contributed by atoms with Crippen molar-refractivity contribution in [3.05, 3.63) is 46.5 Å². The van der Waals surface area contributed by atoms with Gasteiger partial charge in [-0.2, -0.15) is 0 Å². The molecule has 0 spiro atoms. The van der Waals surface area contributed by atoms with Gasteiger partial charge in [-0.15, -0.1) is 6.42 Å². The second-order valence-corrected chi connectivity index (χ2v) is 7.10. The predicted molar refractivity (Wildman–Crippen MR) is 105 cm³/mol. The first-order chi connectivity index (χ1) is 13.4. The molecule has 3 N–H and O–H groups in total. The number of terminal acetylenes is 1. The van der Waals surface area contributed by atoms with Gasteiger partial charge in [0.15, 0.2) is 0 Å². The summed E-state index contributed by atoms with van der Waals surface area (Å²) in [5, 5.41) is 15.8. The fraction of sp³-hybridized carbons (Fsp3) is 0.286. The molecular formula is C21H19N3O4. The van der Waals surface area contributed by atoms with Crippen molar-refractivity contribution in [2.24, 2.45) is 0 Å². The lowest BCUT2D eigenvalue weighted by atomic mass is 9.92. The Bertz CT molecular complexity index is 1190. The fourth-order valence-corrected chi connectivity index (χ4v) is 3.48. The molecular weight excluding hydrogens is 358 g/mol. The van der Waals surface area contributed by atoms with Gasteiger partial charge in [0.25, 0.3) is 5.56 Å². The minimum atomic E-state index is -1.55. The molecule has 0 saturated carbocycles. The van der Waals surface area contributed by atoms with E-state index in [4.69, 9.17) is 11.2 Å². The van der Waals surface area contributed by atoms with Gasteiger partial charge in [-0.1, -0.05) is 5.92 Å². The van der Waals surface area contributed by atoms with Gasteiger partial charge in [-0.3, -0.25) is 9.59 Å². The summed E-state index contributed by atoms with van der Waals surface area (Å²) in [7, 11) is 0. The molecule has 1 amide bonds. The number of carbonyl (C=O) groups excluding carboxylic acids is 1. The topological polar surface area (TPSA) is 104 Å². The van der Waals surface area contributed by atoms with E-state index in [1.54, 1.807) is 24.4 Å². The third-order valence-electron chi connectivity index (χ3n) is 5.06. The summed E-state index contributed by atoms with van der Waals surface area (Å²) in [6, 6.07) is 5.22. The Hall–Kier alpha value is -3.37. The number of hydrogen-bond acceptors (Lipinski definition) is 5. The van der Waals surface area contributed by atoms with Crippen molar-refractivity contribution in [1.82, 2.24) is 15.3 Å². The molecule has 142 valence electrons. The van der Waals surface area contributed by atoms with Gasteiger partial charge in [0.1, 0.15) is 12.2 Å². The average molecular weight is 377 g/mol. The number of carbonyl (C=O) groups is 1. The Balaban J connectivity index is 1.83. The number of rotatable bonds is 4. The Morgan fingerprint density at radius 2 is 2.18 bits per heavy atom. The van der Waals surface area contributed by atoms with Crippen LogP contribution in [0.3, 0.4) is 0 Å². The molecule has 2 aromatic heterocycles. The van der Waals surface area contributed by atoms with Crippen molar-refractivity contribution >= 4 is 27.5 Å². The van der Waals surface area contributed by atoms with E-state index in [0.29, 0.717) is 40.6 Å². The van der Waals surface area contributed by atoms with Gasteiger partial charge < -0.3 is 20.1 Å². The SMILES string of the molecule is C#CC(C)(O)c1c[nH]c(=O)c2cc3ccnc(OC[C@@H]4CCC(=O)N4)c3cc12. The molecule has 0 bridgehead atoms. The Labute approximate surface area is 160 Å². The van der Waals surface area contributed by atoms with Crippen LogP contribution in [0.2, 0.25) is 0 Å². The van der Waals surface area contributed by atoms with Crippen molar-refractivity contribution in [1.29, 1.82) is 0 Å². The summed E-state index contributed by atoms with van der Waals surface area (Å²) in [5.41, 5.74) is -1.40. The van der Waals surface area contributed by atoms with Crippen LogP contribution in [0.25, 0.3) is 21.5 Å². The number of aliphatic hydroxyl groups is 1. The first-order valence-corrected chi connectivity index (χ1v) is 8.96. The van der Waals surface area contributed by atoms with Crippen LogP contribution in [0.1, 0.15) is 25.3 Å². The molecule has 3 aromatic rings. The van der Waals surface area contributed by atoms with E-state index in [9.17, 15) is 14.7 Å². The lowest BCUT2D eigenvalue weighted by Gasteiger charge is -2.19. The molecule has 1 aliphatic rings. The number of hydrogen-bond donors (Lipinski definition) is 3. The van der Waals surface area contributed by atoms with E-state index >= 15 is 0 Å². The van der Waals surface area contributed by atoms with Crippen LogP contribution in [0.4, 0.5) is 0 Å². The second kappa shape index (κ2) is 6.66. The number of ether oxygens (including phenoxy) is 1. The molecule has 2 atom stereocenters. The summed E-state index contributed by atoms with van der Waals surface area (Å²) in [6.45, 7) is 1.80. The third-order valence-corrected chi connectivity index (χ3v) is 5.06. The summed E-state index contributed by atoms with van der Waals surface area (Å²) in [4.78, 5) is 30.6. The number of amides is 1. The van der Waals surface area contributed by atoms with Crippen LogP contribution in [0.15, 0.2) is 35.4 Å². The highest BCUT2D eigenvalue weighted by molar-refractivity contribution is 6.01. The van der Waals surface area contributed by atoms with Crippen LogP contribution >= 0.6 is 0 Å². The molecule has 1 aliphatic heterocycles. The van der Waals surface area contributed by atoms with Gasteiger partial charge in [0.2, 0.25) is 11.8 Å². The van der Waals surface area contributed by atoms with Crippen LogP contribution in [-0.4, -0.2) is 33.6 Å². The molecule has 28 heavy (non-hydrogen) atoms. The number of fused-ring (bicyclic) bond motifs is 2. The minimum absolute atomic E-state index is 0.0193. The van der Waals surface area contributed by atoms with Crippen LogP contribution in [0.5, 0.6) is 5.88 Å². The largest absolute Gasteiger partial charge is 0.475 e. The zero-order valence-electron chi connectivity index (χ0n) is 15.3. The molecule has 0 aliphatic carbocycles. The normalized spacial score (nSPS) is 18.6. The highest BCUT2D eigenvalue weighted by Crippen LogP contribution is 2.32. The van der Waals surface area contributed by atoms with Crippen molar-refractivity contribution in [3.8, 4) is 18.2 Å². The van der Waals surface area contributed by atoms with Crippen molar-refractivity contribution in [3.63, 3.8) is 0 Å². The quantitative estimate of drug-likeness (QED) is 0.473. The summed E-state index contributed by atoms with van der Waals surface area (Å²) < 4.78 is 5.87. The minimum Gasteiger partial charge on any atom is -0.475 e. The Kier molecular flexibility index (Phi) is 4.28. The second-order valence-electron chi connectivity index (χ2n) is 7.10. The molecule has 4 rings (SSSR count). The summed E-state index contributed by atoms with van der Waals surface area (Å²) in [6.07, 6.45) is 9.72. The smallest absolute Gasteiger partial charge is 0.255 e. The number of aromatic nitrogens is 2. The monoisotopic (exact) mass is 377 g/mol. The van der Waals surface area contributed by atoms with Crippen LogP contribution in [-0.2, 0) is 10.4 Å². The average Bonchev–Trinajstić information content (AvgIpc) is 3.10. The molecule has 3 heterocycles. The highest BCUT2D eigenvalue weighted by atomic mass is 16.5. The number of H-pyrrole nitrogens is 1. The van der Waals surface area contributed by atoms with E-state index in [-0.39, 0.29) is 17.5 Å². The van der Waals surface area contributed by atoms with Crippen molar-refractivity contribution in [2.45, 2.75) is 31.4 Å². The molecule has 1 fully saturated rings. The molecule has 7 heteroatoms. The zero-order valence-corrected chi connectivity index (χ0v) is 15.3. The Morgan fingerprint density at radius 3 is 2.89 bits per heavy atom. The molecule has 1 saturated heterocycles. The molecule has 1 unspecified atom stereocenters. The van der Waals surface area contributed by atoms with Crippen LogP contribution in [0, 0.1) is 12.3 Å². The Morgan fingerprint density at radius 1 is 1.36 bits per heavy atom. The van der Waals surface area contributed by atoms with Gasteiger partial charge in [0.05, 0.1) is 6.04 Å². The maximum Gasteiger partial charge on any atom is 0.255 e. The summed E-state index contributed by atoms with van der Waals surface area (Å²) in [5.74, 6) is 2.76. The van der Waals surface area contributed by atoms with Gasteiger partial charge >= 0.3 is 0 Å². The maximum atomic E-state index is 12.3. The van der Waals surface area contributed by atoms with Gasteiger partial charge in [-0.25, -0.2) is 4.98 Å². The predicted octanol–water partition coefficient (Wildman–Crippen LogP) is 1.57. The number of nitrogens with zero attached hydrogens (tertiary/aromatic N) is 1. The summed E-state index contributed by atoms with van der Waals surface area (Å²) >= 11 is 0. The third kappa shape index (κ3) is 3.08. The lowest BCUT2D eigenvalue weighted by molar-refractivity contribution is -0.119. The number of nitrogens with one attached hydrogen (secondary N) is 2. The molecule has 7 nitrogen and oxygen atoms in total. The van der Waals surface area contributed by atoms with Crippen LogP contribution < -0.4 is 15.6 Å². The van der Waals surface area contributed by atoms with Crippen molar-refractivity contribution in [2.75, 3.05) is 6.61 Å². The molecule has 0 radical (unpaired) electrons. The molecule has 1 aromatic carbocycles. The zero-order chi connectivity index (χ0) is 19.9. The van der Waals surface area contributed by atoms with E-state index < -0.39 is 5.60 Å². The number of pyridine rings is 2. The number of aromatic amines is 1. The number of benzene rings is 1. The van der Waals surface area contributed by atoms with Crippen molar-refractivity contribution < 1.29 is 14.6 Å². The van der Waals surface area contributed by atoms with Gasteiger partial charge in [-0.05, 0) is 42.3 Å². The highest BCUT2D eigenvalue weighted by Gasteiger charge is 2.25. The van der Waals surface area contributed by atoms with E-state index in [2.05, 4.69) is 21.2 Å². The fourth-order valence-electron chi connectivity index (χ4n) is 3.48.